The zero-order chi connectivity index (χ0) is 7.98. The third-order valence-corrected chi connectivity index (χ3v) is 1.52. The van der Waals surface area contributed by atoms with E-state index < -0.39 is 0 Å². The molecule has 10 heavy (non-hydrogen) atoms. The average Bonchev–Trinajstić information content (AvgIpc) is 1.88. The topological polar surface area (TPSA) is 12.4 Å². The van der Waals surface area contributed by atoms with Gasteiger partial charge >= 0.3 is 0 Å². The highest BCUT2D eigenvalue weighted by molar-refractivity contribution is 5.82. The summed E-state index contributed by atoms with van der Waals surface area (Å²) in [5, 5.41) is 0. The molecule has 0 aliphatic carbocycles. The molecule has 0 aliphatic heterocycles. The fourth-order valence-electron chi connectivity index (χ4n) is 0.954. The molecule has 1 heteroatoms. The van der Waals surface area contributed by atoms with E-state index >= 15 is 0 Å². The van der Waals surface area contributed by atoms with E-state index in [0.29, 0.717) is 5.92 Å². The van der Waals surface area contributed by atoms with Crippen molar-refractivity contribution in [3.05, 3.63) is 12.2 Å². The molecule has 1 nitrogen and oxygen atoms in total. The van der Waals surface area contributed by atoms with E-state index in [9.17, 15) is 0 Å². The predicted molar refractivity (Wildman–Crippen MR) is 47.6 cm³/mol. The van der Waals surface area contributed by atoms with Gasteiger partial charge in [-0.05, 0) is 26.2 Å². The van der Waals surface area contributed by atoms with Crippen molar-refractivity contribution in [3.8, 4) is 0 Å². The van der Waals surface area contributed by atoms with Crippen LogP contribution in [0.5, 0.6) is 0 Å². The number of hydrogen-bond donors (Lipinski definition) is 0. The monoisotopic (exact) mass is 139 g/mol. The molecule has 0 amide bonds. The van der Waals surface area contributed by atoms with Crippen molar-refractivity contribution >= 4 is 5.71 Å². The molecule has 0 radical (unpaired) electrons. The largest absolute Gasteiger partial charge is 0.298 e. The van der Waals surface area contributed by atoms with E-state index in [2.05, 4.69) is 37.9 Å². The van der Waals surface area contributed by atoms with E-state index in [1.54, 1.807) is 0 Å². The van der Waals surface area contributed by atoms with E-state index in [-0.39, 0.29) is 0 Å². The molecule has 0 N–H and O–H groups in total. The van der Waals surface area contributed by atoms with Crippen LogP contribution in [-0.4, -0.2) is 12.8 Å². The second kappa shape index (κ2) is 5.21. The highest BCUT2D eigenvalue weighted by Crippen LogP contribution is 2.04. The summed E-state index contributed by atoms with van der Waals surface area (Å²) in [6.45, 7) is 6.32. The zero-order valence-electron chi connectivity index (χ0n) is 7.39. The van der Waals surface area contributed by atoms with Crippen LogP contribution in [0.4, 0.5) is 0 Å². The van der Waals surface area contributed by atoms with E-state index in [1.807, 2.05) is 7.05 Å². The van der Waals surface area contributed by atoms with Gasteiger partial charge < -0.3 is 0 Å². The first-order valence-corrected chi connectivity index (χ1v) is 3.75. The fourth-order valence-corrected chi connectivity index (χ4v) is 0.954. The minimum absolute atomic E-state index is 0.633. The second-order valence-corrected chi connectivity index (χ2v) is 2.67. The minimum Gasteiger partial charge on any atom is -0.298 e. The lowest BCUT2D eigenvalue weighted by molar-refractivity contribution is 0.764. The van der Waals surface area contributed by atoms with Crippen LogP contribution in [0.2, 0.25) is 0 Å². The Morgan fingerprint density at radius 2 is 2.20 bits per heavy atom. The quantitative estimate of drug-likeness (QED) is 0.421. The van der Waals surface area contributed by atoms with Gasteiger partial charge in [0.25, 0.3) is 0 Å². The molecule has 0 spiro atoms. The SMILES string of the molecule is C/C=C/C(C)CC(C)=NC. The predicted octanol–water partition coefficient (Wildman–Crippen LogP) is 2.68. The van der Waals surface area contributed by atoms with Gasteiger partial charge in [0.15, 0.2) is 0 Å². The van der Waals surface area contributed by atoms with Crippen LogP contribution in [0, 0.1) is 5.92 Å². The van der Waals surface area contributed by atoms with E-state index in [1.165, 1.54) is 5.71 Å². The summed E-state index contributed by atoms with van der Waals surface area (Å²) in [4.78, 5) is 4.09. The molecule has 1 atom stereocenters. The molecule has 0 bridgehead atoms. The molecule has 0 saturated heterocycles. The maximum absolute atomic E-state index is 4.09. The number of nitrogens with zero attached hydrogens (tertiary/aromatic N) is 1. The van der Waals surface area contributed by atoms with Gasteiger partial charge in [0.2, 0.25) is 0 Å². The van der Waals surface area contributed by atoms with Gasteiger partial charge in [0.05, 0.1) is 0 Å². The van der Waals surface area contributed by atoms with Crippen LogP contribution in [0.15, 0.2) is 17.1 Å². The molecular formula is C9H17N. The lowest BCUT2D eigenvalue weighted by atomic mass is 10.0. The summed E-state index contributed by atoms with van der Waals surface area (Å²) >= 11 is 0. The van der Waals surface area contributed by atoms with Crippen molar-refractivity contribution in [2.45, 2.75) is 27.2 Å². The van der Waals surface area contributed by atoms with Gasteiger partial charge in [-0.2, -0.15) is 0 Å². The van der Waals surface area contributed by atoms with Gasteiger partial charge in [0.1, 0.15) is 0 Å². The van der Waals surface area contributed by atoms with Gasteiger partial charge in [-0.3, -0.25) is 4.99 Å². The normalized spacial score (nSPS) is 16.2. The summed E-state index contributed by atoms with van der Waals surface area (Å²) in [6, 6.07) is 0. The van der Waals surface area contributed by atoms with Gasteiger partial charge in [-0.25, -0.2) is 0 Å². The van der Waals surface area contributed by atoms with Crippen LogP contribution >= 0.6 is 0 Å². The van der Waals surface area contributed by atoms with Crippen molar-refractivity contribution in [1.29, 1.82) is 0 Å². The molecule has 0 fully saturated rings. The van der Waals surface area contributed by atoms with Crippen molar-refractivity contribution in [3.63, 3.8) is 0 Å². The number of aliphatic imine (C=N–C) groups is 1. The third kappa shape index (κ3) is 4.30. The van der Waals surface area contributed by atoms with Gasteiger partial charge in [-0.15, -0.1) is 0 Å². The highest BCUT2D eigenvalue weighted by Gasteiger charge is 1.96. The summed E-state index contributed by atoms with van der Waals surface area (Å²) in [5.41, 5.74) is 1.23. The van der Waals surface area contributed by atoms with Gasteiger partial charge in [-0.1, -0.05) is 19.1 Å². The Morgan fingerprint density at radius 3 is 2.60 bits per heavy atom. The van der Waals surface area contributed by atoms with E-state index in [4.69, 9.17) is 0 Å². The molecule has 0 heterocycles. The molecule has 58 valence electrons. The third-order valence-electron chi connectivity index (χ3n) is 1.52. The fraction of sp³-hybridized carbons (Fsp3) is 0.667. The molecule has 0 saturated carbocycles. The zero-order valence-corrected chi connectivity index (χ0v) is 7.39. The van der Waals surface area contributed by atoms with Crippen LogP contribution in [0.3, 0.4) is 0 Å². The van der Waals surface area contributed by atoms with Crippen LogP contribution in [0.25, 0.3) is 0 Å². The summed E-state index contributed by atoms with van der Waals surface area (Å²) < 4.78 is 0. The Kier molecular flexibility index (Phi) is 4.91. The first-order valence-electron chi connectivity index (χ1n) is 3.75. The Morgan fingerprint density at radius 1 is 1.60 bits per heavy atom. The molecular weight excluding hydrogens is 122 g/mol. The summed E-state index contributed by atoms with van der Waals surface area (Å²) in [5.74, 6) is 0.633. The maximum atomic E-state index is 4.09. The highest BCUT2D eigenvalue weighted by atomic mass is 14.7. The van der Waals surface area contributed by atoms with E-state index in [0.717, 1.165) is 6.42 Å². The smallest absolute Gasteiger partial charge is 0.0276 e. The number of rotatable bonds is 3. The summed E-state index contributed by atoms with van der Waals surface area (Å²) in [6.07, 6.45) is 5.38. The minimum atomic E-state index is 0.633. The lowest BCUT2D eigenvalue weighted by Crippen LogP contribution is -1.98. The maximum Gasteiger partial charge on any atom is 0.0276 e. The molecule has 1 unspecified atom stereocenters. The molecule has 0 aromatic carbocycles. The Hall–Kier alpha value is -0.590. The van der Waals surface area contributed by atoms with Crippen molar-refractivity contribution in [2.24, 2.45) is 10.9 Å². The average molecular weight is 139 g/mol. The van der Waals surface area contributed by atoms with Crippen LogP contribution in [0.1, 0.15) is 27.2 Å². The number of allylic oxidation sites excluding steroid dienone is 2. The standard InChI is InChI=1S/C9H17N/c1-5-6-8(2)7-9(3)10-4/h5-6,8H,7H2,1-4H3/b6-5+,10-9?. The van der Waals surface area contributed by atoms with Crippen molar-refractivity contribution in [1.82, 2.24) is 0 Å². The lowest BCUT2D eigenvalue weighted by Gasteiger charge is -2.03. The number of hydrogen-bond acceptors (Lipinski definition) is 1. The second-order valence-electron chi connectivity index (χ2n) is 2.67. The molecule has 0 aromatic rings. The first kappa shape index (κ1) is 9.41. The van der Waals surface area contributed by atoms with Crippen molar-refractivity contribution < 1.29 is 0 Å². The first-order chi connectivity index (χ1) is 4.70. The molecule has 0 rings (SSSR count). The Balaban J connectivity index is 3.68. The van der Waals surface area contributed by atoms with Crippen molar-refractivity contribution in [2.75, 3.05) is 7.05 Å². The molecule has 0 aromatic heterocycles. The molecule has 0 aliphatic rings. The van der Waals surface area contributed by atoms with Crippen LogP contribution < -0.4 is 0 Å². The van der Waals surface area contributed by atoms with Gasteiger partial charge in [0, 0.05) is 12.8 Å². The Bertz CT molecular complexity index is 134. The Labute approximate surface area is 63.9 Å². The van der Waals surface area contributed by atoms with Crippen LogP contribution in [-0.2, 0) is 0 Å². The summed E-state index contributed by atoms with van der Waals surface area (Å²) in [7, 11) is 1.84.